The lowest BCUT2D eigenvalue weighted by Gasteiger charge is -2.07. The van der Waals surface area contributed by atoms with Gasteiger partial charge in [-0.3, -0.25) is 0 Å². The second-order valence-corrected chi connectivity index (χ2v) is 5.33. The summed E-state index contributed by atoms with van der Waals surface area (Å²) in [5.74, 6) is 0.946. The van der Waals surface area contributed by atoms with Gasteiger partial charge in [0.15, 0.2) is 0 Å². The Morgan fingerprint density at radius 1 is 0.591 bits per heavy atom. The molecule has 0 saturated carbocycles. The largest absolute Gasteiger partial charge is 0.494 e. The highest BCUT2D eigenvalue weighted by Crippen LogP contribution is 2.19. The molecular formula is C21H20O. The highest BCUT2D eigenvalue weighted by molar-refractivity contribution is 5.63. The second kappa shape index (κ2) is 7.46. The number of para-hydroxylation sites is 1. The molecule has 0 fully saturated rings. The molecule has 0 saturated heterocycles. The van der Waals surface area contributed by atoms with Crippen molar-refractivity contribution in [1.82, 2.24) is 0 Å². The Labute approximate surface area is 132 Å². The molecule has 0 spiro atoms. The standard InChI is InChI=1S/C21H20O/c1-3-9-19(10-4-1)20-15-13-18(14-16-20)8-7-17-22-21-11-5-2-6-12-21/h1-6,9-16H,7-8,17H2. The van der Waals surface area contributed by atoms with Gasteiger partial charge in [0.2, 0.25) is 0 Å². The molecular weight excluding hydrogens is 268 g/mol. The van der Waals surface area contributed by atoms with Crippen molar-refractivity contribution in [3.63, 3.8) is 0 Å². The van der Waals surface area contributed by atoms with Gasteiger partial charge in [-0.1, -0.05) is 72.8 Å². The molecule has 0 N–H and O–H groups in total. The molecule has 0 aliphatic heterocycles. The fourth-order valence-electron chi connectivity index (χ4n) is 2.48. The van der Waals surface area contributed by atoms with E-state index in [1.165, 1.54) is 16.7 Å². The molecule has 0 radical (unpaired) electrons. The van der Waals surface area contributed by atoms with Crippen molar-refractivity contribution in [2.75, 3.05) is 6.61 Å². The maximum atomic E-state index is 5.72. The zero-order chi connectivity index (χ0) is 15.0. The van der Waals surface area contributed by atoms with Crippen molar-refractivity contribution in [2.24, 2.45) is 0 Å². The van der Waals surface area contributed by atoms with Gasteiger partial charge in [0.05, 0.1) is 6.61 Å². The monoisotopic (exact) mass is 288 g/mol. The molecule has 22 heavy (non-hydrogen) atoms. The minimum Gasteiger partial charge on any atom is -0.494 e. The molecule has 3 aromatic carbocycles. The van der Waals surface area contributed by atoms with Crippen LogP contribution < -0.4 is 4.74 Å². The summed E-state index contributed by atoms with van der Waals surface area (Å²) in [6.45, 7) is 0.754. The van der Waals surface area contributed by atoms with Crippen LogP contribution in [-0.2, 0) is 6.42 Å². The van der Waals surface area contributed by atoms with Gasteiger partial charge in [-0.05, 0) is 41.7 Å². The number of hydrogen-bond acceptors (Lipinski definition) is 1. The summed E-state index contributed by atoms with van der Waals surface area (Å²) in [4.78, 5) is 0. The van der Waals surface area contributed by atoms with E-state index in [9.17, 15) is 0 Å². The molecule has 110 valence electrons. The zero-order valence-electron chi connectivity index (χ0n) is 12.6. The van der Waals surface area contributed by atoms with Crippen LogP contribution in [0.15, 0.2) is 84.9 Å². The van der Waals surface area contributed by atoms with Crippen LogP contribution in [0, 0.1) is 0 Å². The van der Waals surface area contributed by atoms with Gasteiger partial charge in [0, 0.05) is 0 Å². The van der Waals surface area contributed by atoms with E-state index in [1.54, 1.807) is 0 Å². The summed E-state index contributed by atoms with van der Waals surface area (Å²) in [5, 5.41) is 0. The Kier molecular flexibility index (Phi) is 4.88. The van der Waals surface area contributed by atoms with Crippen LogP contribution in [0.25, 0.3) is 11.1 Å². The summed E-state index contributed by atoms with van der Waals surface area (Å²) >= 11 is 0. The van der Waals surface area contributed by atoms with Crippen molar-refractivity contribution in [3.8, 4) is 16.9 Å². The molecule has 3 rings (SSSR count). The first kappa shape index (κ1) is 14.4. The predicted octanol–water partition coefficient (Wildman–Crippen LogP) is 5.37. The van der Waals surface area contributed by atoms with E-state index in [2.05, 4.69) is 48.5 Å². The van der Waals surface area contributed by atoms with E-state index in [4.69, 9.17) is 4.74 Å². The molecule has 0 aromatic heterocycles. The highest BCUT2D eigenvalue weighted by atomic mass is 16.5. The number of hydrogen-bond donors (Lipinski definition) is 0. The van der Waals surface area contributed by atoms with Crippen LogP contribution in [0.5, 0.6) is 5.75 Å². The molecule has 0 aliphatic carbocycles. The fourth-order valence-corrected chi connectivity index (χ4v) is 2.48. The molecule has 3 aromatic rings. The van der Waals surface area contributed by atoms with E-state index in [-0.39, 0.29) is 0 Å². The van der Waals surface area contributed by atoms with Crippen molar-refractivity contribution in [2.45, 2.75) is 12.8 Å². The Morgan fingerprint density at radius 3 is 1.86 bits per heavy atom. The van der Waals surface area contributed by atoms with Crippen molar-refractivity contribution in [1.29, 1.82) is 0 Å². The molecule has 0 bridgehead atoms. The minimum absolute atomic E-state index is 0.754. The summed E-state index contributed by atoms with van der Waals surface area (Å²) in [6, 6.07) is 29.3. The van der Waals surface area contributed by atoms with Gasteiger partial charge in [-0.2, -0.15) is 0 Å². The third-order valence-electron chi connectivity index (χ3n) is 3.68. The van der Waals surface area contributed by atoms with E-state index in [1.807, 2.05) is 36.4 Å². The summed E-state index contributed by atoms with van der Waals surface area (Å²) in [7, 11) is 0. The fraction of sp³-hybridized carbons (Fsp3) is 0.143. The predicted molar refractivity (Wildman–Crippen MR) is 92.1 cm³/mol. The normalized spacial score (nSPS) is 10.4. The van der Waals surface area contributed by atoms with E-state index < -0.39 is 0 Å². The third-order valence-corrected chi connectivity index (χ3v) is 3.68. The molecule has 0 heterocycles. The number of aryl methyl sites for hydroxylation is 1. The average Bonchev–Trinajstić information content (AvgIpc) is 2.61. The topological polar surface area (TPSA) is 9.23 Å². The Bertz CT molecular complexity index is 672. The van der Waals surface area contributed by atoms with Crippen molar-refractivity contribution < 1.29 is 4.74 Å². The van der Waals surface area contributed by atoms with Crippen LogP contribution in [-0.4, -0.2) is 6.61 Å². The maximum Gasteiger partial charge on any atom is 0.119 e. The first-order valence-electron chi connectivity index (χ1n) is 7.74. The first-order chi connectivity index (χ1) is 10.9. The Balaban J connectivity index is 1.49. The first-order valence-corrected chi connectivity index (χ1v) is 7.74. The van der Waals surface area contributed by atoms with Gasteiger partial charge in [-0.15, -0.1) is 0 Å². The maximum absolute atomic E-state index is 5.72. The van der Waals surface area contributed by atoms with Gasteiger partial charge in [0.1, 0.15) is 5.75 Å². The lowest BCUT2D eigenvalue weighted by atomic mass is 10.0. The van der Waals surface area contributed by atoms with E-state index in [0.29, 0.717) is 0 Å². The minimum atomic E-state index is 0.754. The SMILES string of the molecule is c1ccc(OCCCc2ccc(-c3ccccc3)cc2)cc1. The van der Waals surface area contributed by atoms with Gasteiger partial charge >= 0.3 is 0 Å². The molecule has 1 heteroatoms. The van der Waals surface area contributed by atoms with Crippen molar-refractivity contribution >= 4 is 0 Å². The molecule has 0 aliphatic rings. The molecule has 1 nitrogen and oxygen atoms in total. The highest BCUT2D eigenvalue weighted by Gasteiger charge is 1.98. The Hall–Kier alpha value is -2.54. The number of benzene rings is 3. The Morgan fingerprint density at radius 2 is 1.18 bits per heavy atom. The molecule has 0 unspecified atom stereocenters. The third kappa shape index (κ3) is 3.98. The summed E-state index contributed by atoms with van der Waals surface area (Å²) < 4.78 is 5.72. The second-order valence-electron chi connectivity index (χ2n) is 5.33. The van der Waals surface area contributed by atoms with Gasteiger partial charge < -0.3 is 4.74 Å². The van der Waals surface area contributed by atoms with Gasteiger partial charge in [-0.25, -0.2) is 0 Å². The quantitative estimate of drug-likeness (QED) is 0.554. The molecule has 0 atom stereocenters. The zero-order valence-corrected chi connectivity index (χ0v) is 12.6. The van der Waals surface area contributed by atoms with Crippen LogP contribution in [0.2, 0.25) is 0 Å². The number of rotatable bonds is 6. The van der Waals surface area contributed by atoms with Crippen LogP contribution in [0.4, 0.5) is 0 Å². The average molecular weight is 288 g/mol. The van der Waals surface area contributed by atoms with Crippen LogP contribution in [0.1, 0.15) is 12.0 Å². The van der Waals surface area contributed by atoms with Crippen molar-refractivity contribution in [3.05, 3.63) is 90.5 Å². The van der Waals surface area contributed by atoms with Crippen LogP contribution in [0.3, 0.4) is 0 Å². The number of ether oxygens (including phenoxy) is 1. The summed E-state index contributed by atoms with van der Waals surface area (Å²) in [6.07, 6.45) is 2.07. The summed E-state index contributed by atoms with van der Waals surface area (Å²) in [5.41, 5.74) is 3.89. The van der Waals surface area contributed by atoms with E-state index in [0.717, 1.165) is 25.2 Å². The smallest absolute Gasteiger partial charge is 0.119 e. The van der Waals surface area contributed by atoms with E-state index >= 15 is 0 Å². The van der Waals surface area contributed by atoms with Gasteiger partial charge in [0.25, 0.3) is 0 Å². The molecule has 0 amide bonds. The van der Waals surface area contributed by atoms with Crippen LogP contribution >= 0.6 is 0 Å². The lowest BCUT2D eigenvalue weighted by Crippen LogP contribution is -1.99. The lowest BCUT2D eigenvalue weighted by molar-refractivity contribution is 0.311.